The Hall–Kier alpha value is -0.540. The lowest BCUT2D eigenvalue weighted by atomic mass is 9.68. The molecule has 1 heterocycles. The van der Waals surface area contributed by atoms with Crippen LogP contribution in [0.15, 0.2) is 45.8 Å². The van der Waals surface area contributed by atoms with Crippen molar-refractivity contribution in [3.63, 3.8) is 0 Å². The lowest BCUT2D eigenvalue weighted by Gasteiger charge is -2.50. The predicted octanol–water partition coefficient (Wildman–Crippen LogP) is 8.61. The topological polar surface area (TPSA) is 26.3 Å². The van der Waals surface area contributed by atoms with Crippen LogP contribution in [-0.2, 0) is 20.5 Å². The monoisotopic (exact) mass is 600 g/mol. The fraction of sp³-hybridized carbons (Fsp3) is 0.435. The van der Waals surface area contributed by atoms with E-state index in [1.54, 1.807) is 23.9 Å². The molecule has 3 rings (SSSR count). The smallest absolute Gasteiger partial charge is 0.398 e. The van der Waals surface area contributed by atoms with Crippen LogP contribution in [-0.4, -0.2) is 22.1 Å². The van der Waals surface area contributed by atoms with Crippen LogP contribution in [0.1, 0.15) is 45.2 Å². The van der Waals surface area contributed by atoms with Gasteiger partial charge in [-0.05, 0) is 64.3 Å². The second-order valence-corrected chi connectivity index (χ2v) is 13.3. The Labute approximate surface area is 219 Å². The van der Waals surface area contributed by atoms with Gasteiger partial charge in [-0.15, -0.1) is 11.8 Å². The van der Waals surface area contributed by atoms with Crippen LogP contribution >= 0.6 is 63.5 Å². The van der Waals surface area contributed by atoms with E-state index in [0.717, 1.165) is 11.8 Å². The highest BCUT2D eigenvalue weighted by molar-refractivity contribution is 9.10. The SMILES string of the molecule is CC(C)(C)Sc1ccc(C2(CC(C)(c3cc(Cl)cc(Cl)c3)C(F)(F)F)OC(=O)C2S)cc1Br. The van der Waals surface area contributed by atoms with E-state index < -0.39 is 34.8 Å². The highest BCUT2D eigenvalue weighted by Crippen LogP contribution is 2.56. The van der Waals surface area contributed by atoms with Gasteiger partial charge in [0.1, 0.15) is 5.25 Å². The zero-order valence-corrected chi connectivity index (χ0v) is 23.0. The van der Waals surface area contributed by atoms with Crippen molar-refractivity contribution < 1.29 is 22.7 Å². The summed E-state index contributed by atoms with van der Waals surface area (Å²) in [4.78, 5) is 13.0. The first kappa shape index (κ1) is 27.1. The Morgan fingerprint density at radius 2 is 1.67 bits per heavy atom. The molecule has 0 aliphatic carbocycles. The molecule has 3 unspecified atom stereocenters. The minimum absolute atomic E-state index is 0.0720. The molecule has 2 aromatic carbocycles. The Morgan fingerprint density at radius 1 is 1.09 bits per heavy atom. The number of rotatable bonds is 5. The van der Waals surface area contributed by atoms with Crippen molar-refractivity contribution in [2.24, 2.45) is 0 Å². The highest BCUT2D eigenvalue weighted by atomic mass is 79.9. The van der Waals surface area contributed by atoms with Gasteiger partial charge in [0.2, 0.25) is 0 Å². The molecule has 1 aliphatic rings. The van der Waals surface area contributed by atoms with E-state index >= 15 is 0 Å². The molecule has 1 fully saturated rings. The van der Waals surface area contributed by atoms with Crippen molar-refractivity contribution >= 4 is 69.5 Å². The zero-order valence-electron chi connectivity index (χ0n) is 18.2. The van der Waals surface area contributed by atoms with Gasteiger partial charge in [0.15, 0.2) is 5.60 Å². The van der Waals surface area contributed by atoms with Crippen molar-refractivity contribution in [2.45, 2.75) is 66.2 Å². The predicted molar refractivity (Wildman–Crippen MR) is 135 cm³/mol. The maximum Gasteiger partial charge on any atom is 0.398 e. The van der Waals surface area contributed by atoms with Crippen LogP contribution in [0.5, 0.6) is 0 Å². The molecule has 180 valence electrons. The second kappa shape index (κ2) is 9.16. The number of hydrogen-bond donors (Lipinski definition) is 1. The lowest BCUT2D eigenvalue weighted by Crippen LogP contribution is -2.61. The normalized spacial score (nSPS) is 23.0. The average molecular weight is 602 g/mol. The Kier molecular flexibility index (Phi) is 7.51. The number of halogens is 6. The van der Waals surface area contributed by atoms with Gasteiger partial charge in [0, 0.05) is 30.6 Å². The first-order chi connectivity index (χ1) is 15.0. The van der Waals surface area contributed by atoms with Crippen LogP contribution in [0.2, 0.25) is 10.0 Å². The number of esters is 1. The summed E-state index contributed by atoms with van der Waals surface area (Å²) in [5.74, 6) is -0.670. The maximum atomic E-state index is 14.5. The number of carbonyl (C=O) groups excluding carboxylic acids is 1. The van der Waals surface area contributed by atoms with Crippen molar-refractivity contribution in [3.05, 3.63) is 62.0 Å². The summed E-state index contributed by atoms with van der Waals surface area (Å²) in [6, 6.07) is 9.04. The molecule has 2 aromatic rings. The van der Waals surface area contributed by atoms with Crippen molar-refractivity contribution in [1.29, 1.82) is 0 Å². The molecule has 3 atom stereocenters. The molecule has 0 radical (unpaired) electrons. The van der Waals surface area contributed by atoms with Crippen molar-refractivity contribution in [3.8, 4) is 0 Å². The summed E-state index contributed by atoms with van der Waals surface area (Å²) in [5, 5.41) is -0.899. The van der Waals surface area contributed by atoms with E-state index in [2.05, 4.69) is 49.3 Å². The number of hydrogen-bond acceptors (Lipinski definition) is 4. The van der Waals surface area contributed by atoms with Crippen LogP contribution in [0.3, 0.4) is 0 Å². The van der Waals surface area contributed by atoms with E-state index in [1.165, 1.54) is 18.2 Å². The Balaban J connectivity index is 2.12. The zero-order chi connectivity index (χ0) is 25.0. The molecule has 10 heteroatoms. The van der Waals surface area contributed by atoms with Crippen molar-refractivity contribution in [2.75, 3.05) is 0 Å². The van der Waals surface area contributed by atoms with Crippen LogP contribution in [0.25, 0.3) is 0 Å². The summed E-state index contributed by atoms with van der Waals surface area (Å²) >= 11 is 21.5. The number of carbonyl (C=O) groups is 1. The number of thioether (sulfide) groups is 1. The van der Waals surface area contributed by atoms with Gasteiger partial charge >= 0.3 is 12.1 Å². The van der Waals surface area contributed by atoms with Crippen LogP contribution < -0.4 is 0 Å². The van der Waals surface area contributed by atoms with Gasteiger partial charge in [-0.3, -0.25) is 4.79 Å². The van der Waals surface area contributed by atoms with Crippen LogP contribution in [0, 0.1) is 0 Å². The molecule has 0 aromatic heterocycles. The summed E-state index contributed by atoms with van der Waals surface area (Å²) in [7, 11) is 0. The number of benzene rings is 2. The molecule has 0 amide bonds. The largest absolute Gasteiger partial charge is 0.451 e. The fourth-order valence-electron chi connectivity index (χ4n) is 3.82. The lowest BCUT2D eigenvalue weighted by molar-refractivity contribution is -0.226. The summed E-state index contributed by atoms with van der Waals surface area (Å²) in [5.41, 5.74) is -3.70. The minimum atomic E-state index is -4.69. The maximum absolute atomic E-state index is 14.5. The molecule has 2 nitrogen and oxygen atoms in total. The van der Waals surface area contributed by atoms with E-state index in [0.29, 0.717) is 10.0 Å². The van der Waals surface area contributed by atoms with Crippen molar-refractivity contribution in [1.82, 2.24) is 0 Å². The second-order valence-electron chi connectivity index (χ2n) is 9.24. The van der Waals surface area contributed by atoms with Crippen LogP contribution in [0.4, 0.5) is 13.2 Å². The summed E-state index contributed by atoms with van der Waals surface area (Å²) in [6.45, 7) is 7.23. The third-order valence-corrected chi connectivity index (χ3v) is 8.70. The standard InChI is InChI=1S/C23H22BrCl2F3O2S2/c1-20(2,3)33-17-6-5-12(9-16(17)24)22(18(32)19(30)31-22)11-21(4,23(27,28)29)13-7-14(25)10-15(26)8-13/h5-10,18,32H,11H2,1-4H3. The van der Waals surface area contributed by atoms with Gasteiger partial charge in [-0.2, -0.15) is 25.8 Å². The third-order valence-electron chi connectivity index (χ3n) is 5.53. The number of alkyl halides is 3. The minimum Gasteiger partial charge on any atom is -0.451 e. The van der Waals surface area contributed by atoms with Gasteiger partial charge in [-0.25, -0.2) is 0 Å². The summed E-state index contributed by atoms with van der Waals surface area (Å²) in [6.07, 6.45) is -5.28. The van der Waals surface area contributed by atoms with E-state index in [9.17, 15) is 18.0 Å². The average Bonchev–Trinajstić information content (AvgIpc) is 2.66. The fourth-order valence-corrected chi connectivity index (χ4v) is 6.26. The van der Waals surface area contributed by atoms with Gasteiger partial charge in [0.25, 0.3) is 0 Å². The first-order valence-corrected chi connectivity index (χ1v) is 12.8. The van der Waals surface area contributed by atoms with E-state index in [4.69, 9.17) is 27.9 Å². The molecule has 0 bridgehead atoms. The molecule has 33 heavy (non-hydrogen) atoms. The molecule has 1 saturated heterocycles. The number of ether oxygens (including phenoxy) is 1. The van der Waals surface area contributed by atoms with Gasteiger partial charge < -0.3 is 4.74 Å². The molecular weight excluding hydrogens is 580 g/mol. The third kappa shape index (κ3) is 5.35. The Morgan fingerprint density at radius 3 is 2.09 bits per heavy atom. The van der Waals surface area contributed by atoms with Gasteiger partial charge in [-0.1, -0.05) is 50.0 Å². The quantitative estimate of drug-likeness (QED) is 0.211. The number of thiol groups is 1. The summed E-state index contributed by atoms with van der Waals surface area (Å²) < 4.78 is 49.8. The molecule has 0 saturated carbocycles. The molecule has 1 aliphatic heterocycles. The Bertz CT molecular complexity index is 1070. The first-order valence-electron chi connectivity index (χ1n) is 9.92. The number of cyclic esters (lactones) is 1. The van der Waals surface area contributed by atoms with E-state index in [-0.39, 0.29) is 20.4 Å². The molecular formula is C23H22BrCl2F3O2S2. The molecule has 0 spiro atoms. The highest BCUT2D eigenvalue weighted by Gasteiger charge is 2.64. The molecule has 0 N–H and O–H groups in total. The van der Waals surface area contributed by atoms with Gasteiger partial charge in [0.05, 0.1) is 5.41 Å². The van der Waals surface area contributed by atoms with E-state index in [1.807, 2.05) is 6.07 Å².